The van der Waals surface area contributed by atoms with Gasteiger partial charge in [-0.25, -0.2) is 9.38 Å². The van der Waals surface area contributed by atoms with Crippen LogP contribution in [-0.2, 0) is 11.3 Å². The van der Waals surface area contributed by atoms with Crippen LogP contribution in [0.15, 0.2) is 77.7 Å². The normalized spacial score (nSPS) is 14.9. The lowest BCUT2D eigenvalue weighted by Crippen LogP contribution is -2.30. The largest absolute Gasteiger partial charge is 0.283 e. The number of amidine groups is 1. The van der Waals surface area contributed by atoms with Gasteiger partial charge in [-0.2, -0.15) is 5.10 Å². The minimum absolute atomic E-state index is 0.197. The first-order chi connectivity index (χ1) is 15.6. The highest BCUT2D eigenvalue weighted by Gasteiger charge is 2.31. The fourth-order valence-corrected chi connectivity index (χ4v) is 4.43. The van der Waals surface area contributed by atoms with E-state index in [1.807, 2.05) is 48.1 Å². The van der Waals surface area contributed by atoms with E-state index in [0.29, 0.717) is 16.6 Å². The van der Waals surface area contributed by atoms with Gasteiger partial charge in [0.1, 0.15) is 11.5 Å². The van der Waals surface area contributed by atoms with E-state index in [0.717, 1.165) is 37.1 Å². The van der Waals surface area contributed by atoms with Crippen LogP contribution in [0.2, 0.25) is 0 Å². The summed E-state index contributed by atoms with van der Waals surface area (Å²) in [5, 5.41) is 4.94. The molecule has 7 heteroatoms. The average molecular weight is 449 g/mol. The molecular weight excluding hydrogens is 423 g/mol. The molecule has 32 heavy (non-hydrogen) atoms. The lowest BCUT2D eigenvalue weighted by atomic mass is 10.2. The minimum Gasteiger partial charge on any atom is -0.272 e. The standard InChI is InChI=1S/C25H25FN4OS/c1-19-17-27-29(18-19)14-6-3-7-15-32-25-28-23(16-20-8-4-2-5-9-20)24(31)30(25)22-12-10-21(26)11-13-22/h2,4-5,8-13,16-18H,3,6-7,14-15H2,1H3/b23-16+. The fourth-order valence-electron chi connectivity index (χ4n) is 3.42. The number of amides is 1. The fraction of sp³-hybridized carbons (Fsp3) is 0.240. The number of carbonyl (C=O) groups excluding carboxylic acids is 1. The Hall–Kier alpha value is -3.19. The van der Waals surface area contributed by atoms with Crippen LogP contribution in [0.3, 0.4) is 0 Å². The van der Waals surface area contributed by atoms with Crippen LogP contribution in [0.1, 0.15) is 30.4 Å². The molecule has 1 amide bonds. The third-order valence-electron chi connectivity index (χ3n) is 5.04. The lowest BCUT2D eigenvalue weighted by Gasteiger charge is -2.17. The van der Waals surface area contributed by atoms with E-state index >= 15 is 0 Å². The number of halogens is 1. The molecule has 2 heterocycles. The number of aromatic nitrogens is 2. The molecule has 0 saturated heterocycles. The van der Waals surface area contributed by atoms with Crippen molar-refractivity contribution in [2.75, 3.05) is 10.7 Å². The summed E-state index contributed by atoms with van der Waals surface area (Å²) < 4.78 is 15.4. The van der Waals surface area contributed by atoms with Crippen LogP contribution < -0.4 is 4.90 Å². The van der Waals surface area contributed by atoms with Crippen molar-refractivity contribution >= 4 is 34.6 Å². The van der Waals surface area contributed by atoms with Crippen LogP contribution in [0.4, 0.5) is 10.1 Å². The molecule has 0 radical (unpaired) electrons. The first-order valence-electron chi connectivity index (χ1n) is 10.7. The van der Waals surface area contributed by atoms with Crippen molar-refractivity contribution in [2.45, 2.75) is 32.7 Å². The number of carbonyl (C=O) groups is 1. The Bertz CT molecular complexity index is 1120. The molecule has 164 valence electrons. The maximum absolute atomic E-state index is 13.4. The maximum Gasteiger partial charge on any atom is 0.283 e. The Morgan fingerprint density at radius 3 is 2.53 bits per heavy atom. The van der Waals surface area contributed by atoms with E-state index in [1.165, 1.54) is 17.7 Å². The molecule has 2 aromatic carbocycles. The SMILES string of the molecule is Cc1cnn(CCCCCSC2=N/C(=C/c3ccccc3)C(=O)N2c2ccc(F)cc2)c1. The predicted octanol–water partition coefficient (Wildman–Crippen LogP) is 5.68. The van der Waals surface area contributed by atoms with Gasteiger partial charge in [-0.05, 0) is 61.2 Å². The van der Waals surface area contributed by atoms with Gasteiger partial charge in [0.15, 0.2) is 5.17 Å². The Labute approximate surface area is 191 Å². The van der Waals surface area contributed by atoms with Gasteiger partial charge in [-0.3, -0.25) is 14.4 Å². The van der Waals surface area contributed by atoms with Crippen molar-refractivity contribution in [3.05, 3.63) is 89.6 Å². The Morgan fingerprint density at radius 1 is 1.03 bits per heavy atom. The van der Waals surface area contributed by atoms with Gasteiger partial charge in [-0.15, -0.1) is 0 Å². The molecule has 0 N–H and O–H groups in total. The average Bonchev–Trinajstić information content (AvgIpc) is 3.35. The Kier molecular flexibility index (Phi) is 7.17. The molecule has 5 nitrogen and oxygen atoms in total. The van der Waals surface area contributed by atoms with Crippen molar-refractivity contribution in [3.8, 4) is 0 Å². The molecular formula is C25H25FN4OS. The van der Waals surface area contributed by atoms with Crippen LogP contribution in [0, 0.1) is 12.7 Å². The number of aryl methyl sites for hydroxylation is 2. The number of benzene rings is 2. The highest BCUT2D eigenvalue weighted by molar-refractivity contribution is 8.14. The van der Waals surface area contributed by atoms with Crippen LogP contribution in [0.5, 0.6) is 0 Å². The summed E-state index contributed by atoms with van der Waals surface area (Å²) >= 11 is 1.56. The zero-order valence-electron chi connectivity index (χ0n) is 17.9. The van der Waals surface area contributed by atoms with E-state index in [1.54, 1.807) is 34.9 Å². The quantitative estimate of drug-likeness (QED) is 0.329. The summed E-state index contributed by atoms with van der Waals surface area (Å²) in [6.07, 6.45) is 8.83. The number of unbranched alkanes of at least 4 members (excludes halogenated alkanes) is 2. The van der Waals surface area contributed by atoms with Gasteiger partial charge in [0.05, 0.1) is 11.9 Å². The zero-order valence-corrected chi connectivity index (χ0v) is 18.8. The van der Waals surface area contributed by atoms with Crippen LogP contribution in [0.25, 0.3) is 6.08 Å². The van der Waals surface area contributed by atoms with Gasteiger partial charge < -0.3 is 0 Å². The molecule has 0 fully saturated rings. The molecule has 0 bridgehead atoms. The first-order valence-corrected chi connectivity index (χ1v) is 11.7. The summed E-state index contributed by atoms with van der Waals surface area (Å²) in [5.41, 5.74) is 3.09. The number of hydrogen-bond acceptors (Lipinski definition) is 4. The highest BCUT2D eigenvalue weighted by atomic mass is 32.2. The van der Waals surface area contributed by atoms with Crippen LogP contribution in [-0.4, -0.2) is 26.6 Å². The van der Waals surface area contributed by atoms with E-state index in [2.05, 4.69) is 16.3 Å². The van der Waals surface area contributed by atoms with E-state index < -0.39 is 0 Å². The molecule has 1 aromatic heterocycles. The summed E-state index contributed by atoms with van der Waals surface area (Å²) in [7, 11) is 0. The van der Waals surface area contributed by atoms with Crippen molar-refractivity contribution < 1.29 is 9.18 Å². The van der Waals surface area contributed by atoms with Crippen molar-refractivity contribution in [1.29, 1.82) is 0 Å². The first kappa shape index (κ1) is 22.0. The second kappa shape index (κ2) is 10.4. The Morgan fingerprint density at radius 2 is 1.81 bits per heavy atom. The molecule has 0 aliphatic carbocycles. The third-order valence-corrected chi connectivity index (χ3v) is 6.07. The topological polar surface area (TPSA) is 50.5 Å². The van der Waals surface area contributed by atoms with Crippen molar-refractivity contribution in [1.82, 2.24) is 9.78 Å². The zero-order chi connectivity index (χ0) is 22.3. The Balaban J connectivity index is 1.41. The summed E-state index contributed by atoms with van der Waals surface area (Å²) in [5.74, 6) is 0.316. The predicted molar refractivity (Wildman–Crippen MR) is 129 cm³/mol. The van der Waals surface area contributed by atoms with Gasteiger partial charge in [0.2, 0.25) is 0 Å². The molecule has 3 aromatic rings. The second-order valence-corrected chi connectivity index (χ2v) is 8.70. The van der Waals surface area contributed by atoms with Gasteiger partial charge in [0.25, 0.3) is 5.91 Å². The number of aliphatic imine (C=N–C) groups is 1. The summed E-state index contributed by atoms with van der Waals surface area (Å²) in [4.78, 5) is 19.3. The molecule has 0 atom stereocenters. The molecule has 1 aliphatic rings. The second-order valence-electron chi connectivity index (χ2n) is 7.64. The van der Waals surface area contributed by atoms with Crippen LogP contribution >= 0.6 is 11.8 Å². The molecule has 0 spiro atoms. The number of anilines is 1. The highest BCUT2D eigenvalue weighted by Crippen LogP contribution is 2.30. The van der Waals surface area contributed by atoms with Gasteiger partial charge in [-0.1, -0.05) is 48.5 Å². The molecule has 4 rings (SSSR count). The maximum atomic E-state index is 13.4. The summed E-state index contributed by atoms with van der Waals surface area (Å²) in [6, 6.07) is 15.6. The van der Waals surface area contributed by atoms with Crippen molar-refractivity contribution in [3.63, 3.8) is 0 Å². The molecule has 0 saturated carbocycles. The van der Waals surface area contributed by atoms with E-state index in [9.17, 15) is 9.18 Å². The van der Waals surface area contributed by atoms with E-state index in [-0.39, 0.29) is 11.7 Å². The summed E-state index contributed by atoms with van der Waals surface area (Å²) in [6.45, 7) is 2.95. The van der Waals surface area contributed by atoms with E-state index in [4.69, 9.17) is 0 Å². The monoisotopic (exact) mass is 448 g/mol. The van der Waals surface area contributed by atoms with Crippen molar-refractivity contribution in [2.24, 2.45) is 4.99 Å². The third kappa shape index (κ3) is 5.53. The number of hydrogen-bond donors (Lipinski definition) is 0. The number of nitrogens with zero attached hydrogens (tertiary/aromatic N) is 4. The van der Waals surface area contributed by atoms with Gasteiger partial charge in [0, 0.05) is 18.5 Å². The number of thioether (sulfide) groups is 1. The smallest absolute Gasteiger partial charge is 0.272 e. The number of rotatable bonds is 8. The molecule has 1 aliphatic heterocycles. The lowest BCUT2D eigenvalue weighted by molar-refractivity contribution is -0.113. The van der Waals surface area contributed by atoms with Gasteiger partial charge >= 0.3 is 0 Å². The molecule has 0 unspecified atom stereocenters. The minimum atomic E-state index is -0.334.